The van der Waals surface area contributed by atoms with Crippen molar-refractivity contribution in [2.24, 2.45) is 11.3 Å². The number of nitrogens with zero attached hydrogens (tertiary/aromatic N) is 1. The molecule has 2 atom stereocenters. The summed E-state index contributed by atoms with van der Waals surface area (Å²) in [4.78, 5) is 38.7. The van der Waals surface area contributed by atoms with E-state index in [1.807, 2.05) is 26.0 Å². The van der Waals surface area contributed by atoms with Crippen LogP contribution in [0.5, 0.6) is 0 Å². The second kappa shape index (κ2) is 7.94. The van der Waals surface area contributed by atoms with E-state index >= 15 is 0 Å². The van der Waals surface area contributed by atoms with Gasteiger partial charge in [0.05, 0.1) is 5.41 Å². The maximum absolute atomic E-state index is 13.0. The van der Waals surface area contributed by atoms with E-state index in [0.717, 1.165) is 5.56 Å². The van der Waals surface area contributed by atoms with Gasteiger partial charge in [0, 0.05) is 18.7 Å². The molecule has 1 heterocycles. The normalized spacial score (nSPS) is 20.9. The van der Waals surface area contributed by atoms with Gasteiger partial charge in [0.1, 0.15) is 6.04 Å². The van der Waals surface area contributed by atoms with Crippen LogP contribution in [0, 0.1) is 11.3 Å². The minimum atomic E-state index is -0.927. The predicted molar refractivity (Wildman–Crippen MR) is 108 cm³/mol. The molecule has 2 rings (SSSR count). The molecule has 1 aromatic carbocycles. The lowest BCUT2D eigenvalue weighted by Gasteiger charge is -2.28. The van der Waals surface area contributed by atoms with Gasteiger partial charge in [-0.15, -0.1) is 0 Å². The van der Waals surface area contributed by atoms with Crippen molar-refractivity contribution in [3.8, 4) is 0 Å². The van der Waals surface area contributed by atoms with Gasteiger partial charge >= 0.3 is 5.97 Å². The first-order valence-electron chi connectivity index (χ1n) is 9.79. The van der Waals surface area contributed by atoms with Gasteiger partial charge in [-0.3, -0.25) is 14.4 Å². The van der Waals surface area contributed by atoms with Gasteiger partial charge in [0.2, 0.25) is 5.91 Å². The Labute approximate surface area is 167 Å². The van der Waals surface area contributed by atoms with Crippen LogP contribution in [-0.2, 0) is 15.0 Å². The van der Waals surface area contributed by atoms with Crippen LogP contribution < -0.4 is 5.32 Å². The average Bonchev–Trinajstić information content (AvgIpc) is 3.02. The Bertz CT molecular complexity index is 749. The Kier molecular flexibility index (Phi) is 6.21. The molecular formula is C22H32N2O4. The molecule has 154 valence electrons. The minimum absolute atomic E-state index is 0.00200. The van der Waals surface area contributed by atoms with Crippen molar-refractivity contribution in [1.29, 1.82) is 0 Å². The van der Waals surface area contributed by atoms with Crippen LogP contribution in [0.1, 0.15) is 63.9 Å². The summed E-state index contributed by atoms with van der Waals surface area (Å²) in [6.07, 6.45) is 0.418. The van der Waals surface area contributed by atoms with Gasteiger partial charge in [-0.1, -0.05) is 46.8 Å². The van der Waals surface area contributed by atoms with Crippen molar-refractivity contribution in [1.82, 2.24) is 10.2 Å². The number of hydrogen-bond acceptors (Lipinski definition) is 3. The number of benzene rings is 1. The van der Waals surface area contributed by atoms with Gasteiger partial charge in [-0.25, -0.2) is 0 Å². The van der Waals surface area contributed by atoms with E-state index < -0.39 is 17.4 Å². The molecule has 0 aromatic heterocycles. The van der Waals surface area contributed by atoms with E-state index in [0.29, 0.717) is 18.5 Å². The van der Waals surface area contributed by atoms with Crippen LogP contribution >= 0.6 is 0 Å². The summed E-state index contributed by atoms with van der Waals surface area (Å²) in [5.74, 6) is -1.53. The summed E-state index contributed by atoms with van der Waals surface area (Å²) >= 11 is 0. The first-order valence-corrected chi connectivity index (χ1v) is 9.79. The van der Waals surface area contributed by atoms with Gasteiger partial charge in [0.15, 0.2) is 0 Å². The van der Waals surface area contributed by atoms with Crippen LogP contribution in [0.25, 0.3) is 0 Å². The third kappa shape index (κ3) is 4.72. The third-order valence-corrected chi connectivity index (χ3v) is 5.53. The van der Waals surface area contributed by atoms with Crippen LogP contribution in [0.15, 0.2) is 24.3 Å². The Morgan fingerprint density at radius 1 is 1.14 bits per heavy atom. The van der Waals surface area contributed by atoms with Gasteiger partial charge < -0.3 is 15.3 Å². The molecule has 6 heteroatoms. The molecule has 1 aromatic rings. The molecule has 0 spiro atoms. The highest BCUT2D eigenvalue weighted by Crippen LogP contribution is 2.31. The summed E-state index contributed by atoms with van der Waals surface area (Å²) in [5.41, 5.74) is 0.705. The lowest BCUT2D eigenvalue weighted by molar-refractivity contribution is -0.147. The molecule has 1 aliphatic rings. The van der Waals surface area contributed by atoms with Crippen LogP contribution in [0.2, 0.25) is 0 Å². The highest BCUT2D eigenvalue weighted by molar-refractivity contribution is 5.97. The smallest absolute Gasteiger partial charge is 0.311 e. The zero-order chi connectivity index (χ0) is 21.3. The van der Waals surface area contributed by atoms with Crippen molar-refractivity contribution in [2.75, 3.05) is 13.1 Å². The molecular weight excluding hydrogens is 356 g/mol. The maximum Gasteiger partial charge on any atom is 0.311 e. The molecule has 1 saturated heterocycles. The number of rotatable bonds is 5. The number of nitrogens with one attached hydrogen (secondary N) is 1. The monoisotopic (exact) mass is 388 g/mol. The zero-order valence-electron chi connectivity index (χ0n) is 17.7. The van der Waals surface area contributed by atoms with Gasteiger partial charge in [-0.05, 0) is 42.4 Å². The van der Waals surface area contributed by atoms with E-state index in [1.165, 1.54) is 0 Å². The number of hydrogen-bond donors (Lipinski definition) is 2. The highest BCUT2D eigenvalue weighted by atomic mass is 16.4. The van der Waals surface area contributed by atoms with Gasteiger partial charge in [-0.2, -0.15) is 0 Å². The fourth-order valence-corrected chi connectivity index (χ4v) is 3.38. The predicted octanol–water partition coefficient (Wildman–Crippen LogP) is 3.06. The molecule has 28 heavy (non-hydrogen) atoms. The number of carbonyl (C=O) groups is 3. The Hall–Kier alpha value is -2.37. The van der Waals surface area contributed by atoms with E-state index in [4.69, 9.17) is 0 Å². The van der Waals surface area contributed by atoms with Crippen molar-refractivity contribution in [3.63, 3.8) is 0 Å². The molecule has 2 unspecified atom stereocenters. The van der Waals surface area contributed by atoms with Crippen molar-refractivity contribution in [3.05, 3.63) is 35.4 Å². The average molecular weight is 389 g/mol. The fraction of sp³-hybridized carbons (Fsp3) is 0.591. The molecule has 0 bridgehead atoms. The van der Waals surface area contributed by atoms with Crippen LogP contribution in [0.3, 0.4) is 0 Å². The summed E-state index contributed by atoms with van der Waals surface area (Å²) < 4.78 is 0. The number of carboxylic acid groups (broad SMARTS) is 1. The third-order valence-electron chi connectivity index (χ3n) is 5.53. The SMILES string of the molecule is CC(C)C(NC(=O)c1ccc(C(C)(C)C)cc1)C(=O)N1CCC(C)(C(=O)O)C1. The molecule has 0 radical (unpaired) electrons. The molecule has 2 amide bonds. The summed E-state index contributed by atoms with van der Waals surface area (Å²) in [6.45, 7) is 12.3. The number of amides is 2. The van der Waals surface area contributed by atoms with E-state index in [1.54, 1.807) is 24.0 Å². The molecule has 0 saturated carbocycles. The lowest BCUT2D eigenvalue weighted by atomic mass is 9.86. The van der Waals surface area contributed by atoms with E-state index in [2.05, 4.69) is 26.1 Å². The highest BCUT2D eigenvalue weighted by Gasteiger charge is 2.44. The van der Waals surface area contributed by atoms with E-state index in [9.17, 15) is 19.5 Å². The second-order valence-electron chi connectivity index (χ2n) is 9.40. The molecule has 2 N–H and O–H groups in total. The Morgan fingerprint density at radius 2 is 1.71 bits per heavy atom. The second-order valence-corrected chi connectivity index (χ2v) is 9.40. The van der Waals surface area contributed by atoms with Crippen molar-refractivity contribution >= 4 is 17.8 Å². The lowest BCUT2D eigenvalue weighted by Crippen LogP contribution is -2.51. The number of likely N-dealkylation sites (tertiary alicyclic amines) is 1. The quantitative estimate of drug-likeness (QED) is 0.812. The van der Waals surface area contributed by atoms with Crippen molar-refractivity contribution in [2.45, 2.75) is 59.4 Å². The standard InChI is InChI=1S/C22H32N2O4/c1-14(2)17(19(26)24-12-11-22(6,13-24)20(27)28)23-18(25)15-7-9-16(10-8-15)21(3,4)5/h7-10,14,17H,11-13H2,1-6H3,(H,23,25)(H,27,28). The van der Waals surface area contributed by atoms with Gasteiger partial charge in [0.25, 0.3) is 5.91 Å². The summed E-state index contributed by atoms with van der Waals surface area (Å²) in [7, 11) is 0. The summed E-state index contributed by atoms with van der Waals surface area (Å²) in [6, 6.07) is 6.72. The Balaban J connectivity index is 2.11. The summed E-state index contributed by atoms with van der Waals surface area (Å²) in [5, 5.41) is 12.2. The topological polar surface area (TPSA) is 86.7 Å². The fourth-order valence-electron chi connectivity index (χ4n) is 3.38. The number of carbonyl (C=O) groups excluding carboxylic acids is 2. The minimum Gasteiger partial charge on any atom is -0.481 e. The Morgan fingerprint density at radius 3 is 2.14 bits per heavy atom. The van der Waals surface area contributed by atoms with Crippen LogP contribution in [0.4, 0.5) is 0 Å². The van der Waals surface area contributed by atoms with Crippen molar-refractivity contribution < 1.29 is 19.5 Å². The first-order chi connectivity index (χ1) is 12.8. The molecule has 1 aliphatic heterocycles. The van der Waals surface area contributed by atoms with Crippen LogP contribution in [-0.4, -0.2) is 46.9 Å². The molecule has 1 fully saturated rings. The zero-order valence-corrected chi connectivity index (χ0v) is 17.7. The first kappa shape index (κ1) is 21.9. The largest absolute Gasteiger partial charge is 0.481 e. The molecule has 6 nitrogen and oxygen atoms in total. The number of carboxylic acids is 1. The number of aliphatic carboxylic acids is 1. The van der Waals surface area contributed by atoms with E-state index in [-0.39, 0.29) is 29.7 Å². The maximum atomic E-state index is 13.0. The molecule has 0 aliphatic carbocycles.